The summed E-state index contributed by atoms with van der Waals surface area (Å²) < 4.78 is 5.65. The normalized spacial score (nSPS) is 16.2. The molecule has 0 heterocycles. The van der Waals surface area contributed by atoms with Crippen LogP contribution in [0.3, 0.4) is 0 Å². The molecule has 1 fully saturated rings. The number of hydrogen-bond acceptors (Lipinski definition) is 3. The van der Waals surface area contributed by atoms with Gasteiger partial charge in [-0.1, -0.05) is 28.9 Å². The van der Waals surface area contributed by atoms with Crippen molar-refractivity contribution in [3.63, 3.8) is 0 Å². The molecule has 1 saturated carbocycles. The highest BCUT2D eigenvalue weighted by molar-refractivity contribution is 9.10. The van der Waals surface area contributed by atoms with Crippen molar-refractivity contribution in [1.82, 2.24) is 5.32 Å². The first kappa shape index (κ1) is 14.5. The second-order valence-corrected chi connectivity index (χ2v) is 6.11. The SMILES string of the molecule is CCC1(CNCc2ccc(C(=O)OC)cc2Br)CC1. The van der Waals surface area contributed by atoms with Gasteiger partial charge in [0.25, 0.3) is 0 Å². The molecule has 2 rings (SSSR count). The number of rotatable bonds is 6. The van der Waals surface area contributed by atoms with Gasteiger partial charge in [0.2, 0.25) is 0 Å². The molecule has 19 heavy (non-hydrogen) atoms. The van der Waals surface area contributed by atoms with Gasteiger partial charge in [0, 0.05) is 17.6 Å². The highest BCUT2D eigenvalue weighted by Gasteiger charge is 2.39. The van der Waals surface area contributed by atoms with Crippen molar-refractivity contribution >= 4 is 21.9 Å². The molecule has 0 unspecified atom stereocenters. The molecule has 0 amide bonds. The van der Waals surface area contributed by atoms with Crippen molar-refractivity contribution in [3.05, 3.63) is 33.8 Å². The topological polar surface area (TPSA) is 38.3 Å². The van der Waals surface area contributed by atoms with Crippen molar-refractivity contribution in [3.8, 4) is 0 Å². The lowest BCUT2D eigenvalue weighted by Gasteiger charge is -2.14. The van der Waals surface area contributed by atoms with Gasteiger partial charge in [-0.05, 0) is 42.4 Å². The van der Waals surface area contributed by atoms with Crippen molar-refractivity contribution in [2.45, 2.75) is 32.7 Å². The summed E-state index contributed by atoms with van der Waals surface area (Å²) in [5, 5.41) is 3.51. The van der Waals surface area contributed by atoms with Gasteiger partial charge >= 0.3 is 5.97 Å². The van der Waals surface area contributed by atoms with E-state index in [2.05, 4.69) is 28.2 Å². The molecule has 4 heteroatoms. The fraction of sp³-hybridized carbons (Fsp3) is 0.533. The van der Waals surface area contributed by atoms with Crippen LogP contribution in [0, 0.1) is 5.41 Å². The van der Waals surface area contributed by atoms with Gasteiger partial charge in [0.05, 0.1) is 12.7 Å². The van der Waals surface area contributed by atoms with Gasteiger partial charge in [0.1, 0.15) is 0 Å². The largest absolute Gasteiger partial charge is 0.465 e. The van der Waals surface area contributed by atoms with Crippen molar-refractivity contribution in [1.29, 1.82) is 0 Å². The highest BCUT2D eigenvalue weighted by Crippen LogP contribution is 2.47. The number of methoxy groups -OCH3 is 1. The molecule has 1 N–H and O–H groups in total. The second-order valence-electron chi connectivity index (χ2n) is 5.25. The van der Waals surface area contributed by atoms with Gasteiger partial charge in [-0.2, -0.15) is 0 Å². The smallest absolute Gasteiger partial charge is 0.337 e. The Morgan fingerprint density at radius 2 is 2.21 bits per heavy atom. The summed E-state index contributed by atoms with van der Waals surface area (Å²) in [4.78, 5) is 11.4. The first-order chi connectivity index (χ1) is 9.10. The average Bonchev–Trinajstić information content (AvgIpc) is 3.20. The molecule has 3 nitrogen and oxygen atoms in total. The Labute approximate surface area is 122 Å². The average molecular weight is 326 g/mol. The molecule has 0 radical (unpaired) electrons. The van der Waals surface area contributed by atoms with E-state index < -0.39 is 0 Å². The quantitative estimate of drug-likeness (QED) is 0.813. The van der Waals surface area contributed by atoms with Crippen LogP contribution in [0.5, 0.6) is 0 Å². The molecule has 0 saturated heterocycles. The van der Waals surface area contributed by atoms with Crippen molar-refractivity contribution in [2.24, 2.45) is 5.41 Å². The standard InChI is InChI=1S/C15H20BrNO2/c1-3-15(6-7-15)10-17-9-12-5-4-11(8-13(12)16)14(18)19-2/h4-5,8,17H,3,6-7,9-10H2,1-2H3. The minimum absolute atomic E-state index is 0.303. The van der Waals surface area contributed by atoms with E-state index in [0.717, 1.165) is 17.6 Å². The molecular weight excluding hydrogens is 306 g/mol. The molecule has 104 valence electrons. The summed E-state index contributed by atoms with van der Waals surface area (Å²) >= 11 is 3.51. The molecule has 0 aromatic heterocycles. The molecule has 1 aliphatic rings. The number of benzene rings is 1. The fourth-order valence-electron chi connectivity index (χ4n) is 2.23. The first-order valence-electron chi connectivity index (χ1n) is 6.68. The first-order valence-corrected chi connectivity index (χ1v) is 7.47. The maximum absolute atomic E-state index is 11.4. The van der Waals surface area contributed by atoms with Gasteiger partial charge in [-0.3, -0.25) is 0 Å². The Morgan fingerprint density at radius 3 is 2.74 bits per heavy atom. The summed E-state index contributed by atoms with van der Waals surface area (Å²) in [7, 11) is 1.39. The lowest BCUT2D eigenvalue weighted by atomic mass is 10.0. The van der Waals surface area contributed by atoms with Gasteiger partial charge in [0.15, 0.2) is 0 Å². The van der Waals surface area contributed by atoms with E-state index in [1.807, 2.05) is 12.1 Å². The minimum atomic E-state index is -0.303. The Balaban J connectivity index is 1.92. The van der Waals surface area contributed by atoms with Crippen LogP contribution in [0.25, 0.3) is 0 Å². The van der Waals surface area contributed by atoms with Gasteiger partial charge in [-0.25, -0.2) is 4.79 Å². The van der Waals surface area contributed by atoms with E-state index in [9.17, 15) is 4.79 Å². The predicted molar refractivity (Wildman–Crippen MR) is 79.1 cm³/mol. The summed E-state index contributed by atoms with van der Waals surface area (Å²) in [6, 6.07) is 5.59. The van der Waals surface area contributed by atoms with Crippen LogP contribution in [-0.2, 0) is 11.3 Å². The molecule has 0 aliphatic heterocycles. The second kappa shape index (κ2) is 6.06. The molecular formula is C15H20BrNO2. The number of halogens is 1. The fourth-order valence-corrected chi connectivity index (χ4v) is 2.75. The lowest BCUT2D eigenvalue weighted by molar-refractivity contribution is 0.0600. The van der Waals surface area contributed by atoms with E-state index in [1.165, 1.54) is 31.9 Å². The number of carbonyl (C=O) groups is 1. The highest BCUT2D eigenvalue weighted by atomic mass is 79.9. The third-order valence-corrected chi connectivity index (χ3v) is 4.73. The molecule has 0 spiro atoms. The Bertz CT molecular complexity index is 469. The van der Waals surface area contributed by atoms with Crippen LogP contribution >= 0.6 is 15.9 Å². The van der Waals surface area contributed by atoms with Gasteiger partial charge in [-0.15, -0.1) is 0 Å². The van der Waals surface area contributed by atoms with Crippen molar-refractivity contribution in [2.75, 3.05) is 13.7 Å². The van der Waals surface area contributed by atoms with Crippen LogP contribution in [0.4, 0.5) is 0 Å². The Kier molecular flexibility index (Phi) is 4.63. The third-order valence-electron chi connectivity index (χ3n) is 4.00. The number of ether oxygens (including phenoxy) is 1. The Morgan fingerprint density at radius 1 is 1.47 bits per heavy atom. The summed E-state index contributed by atoms with van der Waals surface area (Å²) in [5.74, 6) is -0.303. The zero-order valence-electron chi connectivity index (χ0n) is 11.5. The van der Waals surface area contributed by atoms with Crippen LogP contribution in [0.2, 0.25) is 0 Å². The summed E-state index contributed by atoms with van der Waals surface area (Å²) in [6.45, 7) is 4.16. The third kappa shape index (κ3) is 3.57. The van der Waals surface area contributed by atoms with Crippen LogP contribution < -0.4 is 5.32 Å². The summed E-state index contributed by atoms with van der Waals surface area (Å²) in [6.07, 6.45) is 3.94. The monoisotopic (exact) mass is 325 g/mol. The maximum atomic E-state index is 11.4. The van der Waals surface area contributed by atoms with Crippen LogP contribution in [-0.4, -0.2) is 19.6 Å². The van der Waals surface area contributed by atoms with E-state index in [0.29, 0.717) is 11.0 Å². The predicted octanol–water partition coefficient (Wildman–Crippen LogP) is 3.52. The molecule has 1 aliphatic carbocycles. The van der Waals surface area contributed by atoms with E-state index in [-0.39, 0.29) is 5.97 Å². The van der Waals surface area contributed by atoms with Crippen LogP contribution in [0.15, 0.2) is 22.7 Å². The minimum Gasteiger partial charge on any atom is -0.465 e. The molecule has 0 bridgehead atoms. The summed E-state index contributed by atoms with van der Waals surface area (Å²) in [5.41, 5.74) is 2.29. The number of carbonyl (C=O) groups excluding carboxylic acids is 1. The Hall–Kier alpha value is -0.870. The molecule has 1 aromatic carbocycles. The number of nitrogens with one attached hydrogen (secondary N) is 1. The zero-order chi connectivity index (χ0) is 13.9. The van der Waals surface area contributed by atoms with Gasteiger partial charge < -0.3 is 10.1 Å². The lowest BCUT2D eigenvalue weighted by Crippen LogP contribution is -2.23. The zero-order valence-corrected chi connectivity index (χ0v) is 13.0. The van der Waals surface area contributed by atoms with Crippen molar-refractivity contribution < 1.29 is 9.53 Å². The van der Waals surface area contributed by atoms with E-state index in [1.54, 1.807) is 6.07 Å². The number of hydrogen-bond donors (Lipinski definition) is 1. The van der Waals surface area contributed by atoms with E-state index >= 15 is 0 Å². The molecule has 1 aromatic rings. The van der Waals surface area contributed by atoms with E-state index in [4.69, 9.17) is 4.74 Å². The molecule has 0 atom stereocenters. The van der Waals surface area contributed by atoms with Crippen LogP contribution in [0.1, 0.15) is 42.1 Å². The maximum Gasteiger partial charge on any atom is 0.337 e. The number of esters is 1.